The average molecular weight is 304 g/mol. The molecule has 0 aliphatic rings. The van der Waals surface area contributed by atoms with Gasteiger partial charge < -0.3 is 30.0 Å². The van der Waals surface area contributed by atoms with Crippen molar-refractivity contribution in [2.24, 2.45) is 0 Å². The molecule has 96 valence electrons. The second-order valence-electron chi connectivity index (χ2n) is 2.35. The monoisotopic (exact) mass is 304 g/mol. The summed E-state index contributed by atoms with van der Waals surface area (Å²) in [5, 5.41) is 32.5. The van der Waals surface area contributed by atoms with Gasteiger partial charge in [0, 0.05) is 12.4 Å². The van der Waals surface area contributed by atoms with Gasteiger partial charge in [-0.05, 0) is 0 Å². The molecule has 0 aromatic rings. The molecule has 1 unspecified atom stereocenters. The molecule has 0 aromatic carbocycles. The van der Waals surface area contributed by atoms with Crippen LogP contribution < -0.4 is 69.3 Å². The molecule has 0 aromatic heterocycles. The van der Waals surface area contributed by atoms with Gasteiger partial charge in [-0.25, -0.2) is 0 Å². The van der Waals surface area contributed by atoms with Gasteiger partial charge in [0.2, 0.25) is 0 Å². The molecule has 0 amide bonds. The van der Waals surface area contributed by atoms with E-state index in [1.54, 1.807) is 0 Å². The van der Waals surface area contributed by atoms with Crippen LogP contribution in [0.5, 0.6) is 0 Å². The summed E-state index contributed by atoms with van der Waals surface area (Å²) in [6, 6.07) is 0. The van der Waals surface area contributed by atoms with Gasteiger partial charge in [0.25, 0.3) is 10.1 Å². The van der Waals surface area contributed by atoms with E-state index in [2.05, 4.69) is 0 Å². The molecule has 12 heteroatoms. The van der Waals surface area contributed by atoms with E-state index in [0.717, 1.165) is 0 Å². The zero-order valence-corrected chi connectivity index (χ0v) is 14.7. The van der Waals surface area contributed by atoms with E-state index >= 15 is 0 Å². The number of aliphatic hydroxyl groups is 2. The van der Waals surface area contributed by atoms with Crippen LogP contribution in [-0.4, -0.2) is 53.6 Å². The van der Waals surface area contributed by atoms with Crippen LogP contribution in [0.2, 0.25) is 0 Å². The second-order valence-corrected chi connectivity index (χ2v) is 3.94. The third-order valence-corrected chi connectivity index (χ3v) is 2.15. The fraction of sp³-hybridized carbons (Fsp3) is 0.667. The largest absolute Gasteiger partial charge is 1.00 e. The quantitative estimate of drug-likeness (QED) is 0.329. The molecule has 0 bridgehead atoms. The minimum absolute atomic E-state index is 0. The van der Waals surface area contributed by atoms with E-state index in [4.69, 9.17) is 14.8 Å². The van der Waals surface area contributed by atoms with E-state index in [1.165, 1.54) is 0 Å². The maximum Gasteiger partial charge on any atom is 1.00 e. The molecule has 0 aliphatic carbocycles. The van der Waals surface area contributed by atoms with Gasteiger partial charge >= 0.3 is 59.1 Å². The SMILES string of the molecule is O=C([O-])CC(C(=O)[O-])S(=O)(=O)O.OCCO.[Na+].[Na+]. The first kappa shape index (κ1) is 27.2. The fourth-order valence-electron chi connectivity index (χ4n) is 0.462. The Labute approximate surface area is 148 Å². The van der Waals surface area contributed by atoms with Crippen LogP contribution >= 0.6 is 0 Å². The number of aliphatic carboxylic acids is 2. The summed E-state index contributed by atoms with van der Waals surface area (Å²) in [5.74, 6) is -4.08. The summed E-state index contributed by atoms with van der Waals surface area (Å²) in [5.41, 5.74) is 0. The van der Waals surface area contributed by atoms with Crippen LogP contribution in [0.25, 0.3) is 0 Å². The van der Waals surface area contributed by atoms with E-state index in [1.807, 2.05) is 0 Å². The molecule has 0 fully saturated rings. The average Bonchev–Trinajstić information content (AvgIpc) is 2.12. The Morgan fingerprint density at radius 2 is 1.39 bits per heavy atom. The van der Waals surface area contributed by atoms with E-state index in [0.29, 0.717) is 0 Å². The molecule has 0 rings (SSSR count). The number of carboxylic acid groups (broad SMARTS) is 2. The Morgan fingerprint density at radius 3 is 1.44 bits per heavy atom. The number of carboxylic acids is 2. The van der Waals surface area contributed by atoms with Gasteiger partial charge in [-0.3, -0.25) is 4.55 Å². The number of carbonyl (C=O) groups is 2. The predicted octanol–water partition coefficient (Wildman–Crippen LogP) is -10.9. The first-order valence-corrected chi connectivity index (χ1v) is 5.25. The van der Waals surface area contributed by atoms with Crippen molar-refractivity contribution in [3.63, 3.8) is 0 Å². The smallest absolute Gasteiger partial charge is 0.550 e. The third-order valence-electron chi connectivity index (χ3n) is 1.07. The van der Waals surface area contributed by atoms with Crippen molar-refractivity contribution < 1.29 is 102 Å². The van der Waals surface area contributed by atoms with Crippen LogP contribution in [0.4, 0.5) is 0 Å². The molecule has 1 atom stereocenters. The molecule has 0 saturated heterocycles. The summed E-state index contributed by atoms with van der Waals surface area (Å²) in [7, 11) is -4.94. The normalized spacial score (nSPS) is 10.8. The molecule has 3 N–H and O–H groups in total. The summed E-state index contributed by atoms with van der Waals surface area (Å²) in [6.45, 7) is -0.250. The minimum Gasteiger partial charge on any atom is -0.550 e. The van der Waals surface area contributed by atoms with Gasteiger partial charge in [0.15, 0.2) is 0 Å². The van der Waals surface area contributed by atoms with Crippen LogP contribution in [0, 0.1) is 0 Å². The molecule has 9 nitrogen and oxygen atoms in total. The minimum atomic E-state index is -4.94. The van der Waals surface area contributed by atoms with E-state index in [-0.39, 0.29) is 72.3 Å². The molecule has 0 spiro atoms. The van der Waals surface area contributed by atoms with Gasteiger partial charge in [-0.15, -0.1) is 0 Å². The molecule has 0 saturated carbocycles. The summed E-state index contributed by atoms with van der Waals surface area (Å²) >= 11 is 0. The Hall–Kier alpha value is 0.770. The number of aliphatic hydroxyl groups excluding tert-OH is 2. The van der Waals surface area contributed by atoms with Crippen LogP contribution in [0.1, 0.15) is 6.42 Å². The molecular formula is C6H10Na2O9S. The van der Waals surface area contributed by atoms with Gasteiger partial charge in [0.05, 0.1) is 19.2 Å². The van der Waals surface area contributed by atoms with Crippen LogP contribution in [0.15, 0.2) is 0 Å². The van der Waals surface area contributed by atoms with Crippen molar-refractivity contribution in [2.75, 3.05) is 13.2 Å². The number of hydrogen-bond donors (Lipinski definition) is 3. The van der Waals surface area contributed by atoms with Crippen LogP contribution in [-0.2, 0) is 19.7 Å². The Balaban J connectivity index is -0.000000143. The van der Waals surface area contributed by atoms with Gasteiger partial charge in [0.1, 0.15) is 5.25 Å². The van der Waals surface area contributed by atoms with E-state index < -0.39 is 33.7 Å². The zero-order chi connectivity index (χ0) is 13.4. The van der Waals surface area contributed by atoms with Gasteiger partial charge in [-0.1, -0.05) is 0 Å². The third kappa shape index (κ3) is 16.8. The first-order valence-electron chi connectivity index (χ1n) is 3.75. The van der Waals surface area contributed by atoms with E-state index in [9.17, 15) is 28.2 Å². The number of rotatable bonds is 5. The summed E-state index contributed by atoms with van der Waals surface area (Å²) < 4.78 is 28.5. The number of hydrogen-bond acceptors (Lipinski definition) is 8. The summed E-state index contributed by atoms with van der Waals surface area (Å²) in [6.07, 6.45) is -1.33. The predicted molar refractivity (Wildman–Crippen MR) is 44.1 cm³/mol. The summed E-state index contributed by atoms with van der Waals surface area (Å²) in [4.78, 5) is 19.7. The van der Waals surface area contributed by atoms with Crippen molar-refractivity contribution in [1.29, 1.82) is 0 Å². The first-order chi connectivity index (χ1) is 7.16. The number of carbonyl (C=O) groups excluding carboxylic acids is 2. The second kappa shape index (κ2) is 14.2. The maximum atomic E-state index is 10.2. The van der Waals surface area contributed by atoms with Crippen molar-refractivity contribution >= 4 is 22.1 Å². The molecule has 18 heavy (non-hydrogen) atoms. The Kier molecular flexibility index (Phi) is 21.4. The van der Waals surface area contributed by atoms with Crippen molar-refractivity contribution in [3.8, 4) is 0 Å². The topological polar surface area (TPSA) is 175 Å². The molecule has 0 radical (unpaired) electrons. The molecule has 0 aliphatic heterocycles. The van der Waals surface area contributed by atoms with Crippen LogP contribution in [0.3, 0.4) is 0 Å². The molecular weight excluding hydrogens is 294 g/mol. The molecule has 0 heterocycles. The van der Waals surface area contributed by atoms with Crippen molar-refractivity contribution in [3.05, 3.63) is 0 Å². The standard InChI is InChI=1S/C4H6O7S.C2H6O2.2Na/c5-3(6)1-2(4(7)8)12(9,10)11;3-1-2-4;;/h2H,1H2,(H,5,6)(H,7,8)(H,9,10,11);3-4H,1-2H2;;/q;;2*+1/p-2. The Morgan fingerprint density at radius 1 is 1.06 bits per heavy atom. The zero-order valence-electron chi connectivity index (χ0n) is 9.90. The van der Waals surface area contributed by atoms with Gasteiger partial charge in [-0.2, -0.15) is 8.42 Å². The van der Waals surface area contributed by atoms with Crippen molar-refractivity contribution in [1.82, 2.24) is 0 Å². The fourth-order valence-corrected chi connectivity index (χ4v) is 1.05. The maximum absolute atomic E-state index is 10.2. The van der Waals surface area contributed by atoms with Crippen molar-refractivity contribution in [2.45, 2.75) is 11.7 Å². The Bertz CT molecular complexity index is 326.